The standard InChI is InChI=1S/C29H42F2N4O4S.ClH/c1-2-32-25-15-21(16-26(18-25)35-10-6-7-11-40(35,38)39)29(37)34-27(14-20-12-22(30)17-23(31)13-20)28(36)19-33-24-8-4-3-5-9-24;/h12-13,15-18,24,27-28,32-33,36,38-39H,2-11,14,19H2,1H3,(H,34,37);1H/t27-,28+;/m0./s1. The van der Waals surface area contributed by atoms with Crippen LogP contribution in [0.2, 0.25) is 0 Å². The summed E-state index contributed by atoms with van der Waals surface area (Å²) in [5.74, 6) is -1.66. The van der Waals surface area contributed by atoms with Gasteiger partial charge < -0.3 is 21.1 Å². The number of benzene rings is 2. The van der Waals surface area contributed by atoms with Gasteiger partial charge in [0.15, 0.2) is 0 Å². The van der Waals surface area contributed by atoms with E-state index in [9.17, 15) is 27.8 Å². The van der Waals surface area contributed by atoms with E-state index in [1.165, 1.54) is 18.6 Å². The number of hydrogen-bond acceptors (Lipinski definition) is 7. The second-order valence-electron chi connectivity index (χ2n) is 10.8. The van der Waals surface area contributed by atoms with Crippen molar-refractivity contribution in [3.8, 4) is 0 Å². The van der Waals surface area contributed by atoms with Gasteiger partial charge >= 0.3 is 0 Å². The average Bonchev–Trinajstić information content (AvgIpc) is 2.91. The summed E-state index contributed by atoms with van der Waals surface area (Å²) in [6.07, 6.45) is 6.03. The van der Waals surface area contributed by atoms with Gasteiger partial charge in [-0.1, -0.05) is 19.3 Å². The van der Waals surface area contributed by atoms with E-state index in [0.29, 0.717) is 36.4 Å². The molecule has 0 aromatic heterocycles. The monoisotopic (exact) mass is 616 g/mol. The van der Waals surface area contributed by atoms with Crippen molar-refractivity contribution in [3.05, 3.63) is 59.2 Å². The van der Waals surface area contributed by atoms with Crippen LogP contribution in [0.5, 0.6) is 0 Å². The highest BCUT2D eigenvalue weighted by Gasteiger charge is 2.29. The minimum atomic E-state index is -3.00. The second-order valence-corrected chi connectivity index (χ2v) is 12.9. The molecule has 1 aliphatic heterocycles. The van der Waals surface area contributed by atoms with Crippen molar-refractivity contribution >= 4 is 40.5 Å². The molecule has 2 fully saturated rings. The molecule has 12 heteroatoms. The minimum Gasteiger partial charge on any atom is -0.390 e. The first-order chi connectivity index (χ1) is 19.1. The Labute approximate surface area is 249 Å². The smallest absolute Gasteiger partial charge is 0.251 e. The molecule has 41 heavy (non-hydrogen) atoms. The molecule has 8 nitrogen and oxygen atoms in total. The third kappa shape index (κ3) is 9.42. The van der Waals surface area contributed by atoms with Crippen LogP contribution in [0, 0.1) is 11.6 Å². The molecule has 1 heterocycles. The molecule has 1 saturated carbocycles. The maximum absolute atomic E-state index is 13.9. The highest BCUT2D eigenvalue weighted by molar-refractivity contribution is 8.25. The molecule has 2 aromatic rings. The lowest BCUT2D eigenvalue weighted by Crippen LogP contribution is -2.50. The molecule has 6 N–H and O–H groups in total. The third-order valence-electron chi connectivity index (χ3n) is 7.61. The maximum Gasteiger partial charge on any atom is 0.251 e. The normalized spacial score (nSPS) is 19.5. The fourth-order valence-corrected chi connectivity index (χ4v) is 7.23. The number of carbonyl (C=O) groups excluding carboxylic acids is 1. The first kappa shape index (κ1) is 33.4. The summed E-state index contributed by atoms with van der Waals surface area (Å²) in [7, 11) is -3.00. The van der Waals surface area contributed by atoms with E-state index in [2.05, 4.69) is 16.0 Å². The number of rotatable bonds is 11. The molecule has 0 spiro atoms. The van der Waals surface area contributed by atoms with Gasteiger partial charge in [-0.05, 0) is 74.9 Å². The van der Waals surface area contributed by atoms with Crippen LogP contribution in [0.15, 0.2) is 36.4 Å². The molecule has 1 amide bonds. The van der Waals surface area contributed by atoms with E-state index in [0.717, 1.165) is 38.2 Å². The summed E-state index contributed by atoms with van der Waals surface area (Å²) in [6.45, 7) is 3.20. The number of amides is 1. The molecule has 0 radical (unpaired) electrons. The van der Waals surface area contributed by atoms with Crippen LogP contribution < -0.4 is 20.3 Å². The van der Waals surface area contributed by atoms with Crippen molar-refractivity contribution in [1.82, 2.24) is 10.6 Å². The van der Waals surface area contributed by atoms with Crippen LogP contribution in [-0.4, -0.2) is 63.7 Å². The lowest BCUT2D eigenvalue weighted by Gasteiger charge is -2.47. The second kappa shape index (κ2) is 15.4. The first-order valence-corrected chi connectivity index (χ1v) is 15.9. The average molecular weight is 617 g/mol. The highest BCUT2D eigenvalue weighted by Crippen LogP contribution is 2.50. The predicted octanol–water partition coefficient (Wildman–Crippen LogP) is 5.71. The zero-order valence-electron chi connectivity index (χ0n) is 23.5. The van der Waals surface area contributed by atoms with Gasteiger partial charge in [-0.15, -0.1) is 23.2 Å². The Morgan fingerprint density at radius 1 is 1.02 bits per heavy atom. The Morgan fingerprint density at radius 2 is 1.73 bits per heavy atom. The van der Waals surface area contributed by atoms with Crippen molar-refractivity contribution in [2.45, 2.75) is 76.5 Å². The van der Waals surface area contributed by atoms with Gasteiger partial charge in [0, 0.05) is 43.0 Å². The Morgan fingerprint density at radius 3 is 2.39 bits per heavy atom. The van der Waals surface area contributed by atoms with E-state index in [1.807, 2.05) is 6.92 Å². The molecule has 0 bridgehead atoms. The van der Waals surface area contributed by atoms with Gasteiger partial charge in [0.2, 0.25) is 0 Å². The van der Waals surface area contributed by atoms with Crippen molar-refractivity contribution in [2.75, 3.05) is 35.0 Å². The Hall–Kier alpha value is -2.15. The van der Waals surface area contributed by atoms with Crippen LogP contribution in [0.1, 0.15) is 67.8 Å². The zero-order valence-corrected chi connectivity index (χ0v) is 25.1. The molecular weight excluding hydrogens is 574 g/mol. The molecular formula is C29H43ClF2N4O4S. The van der Waals surface area contributed by atoms with Gasteiger partial charge in [0.1, 0.15) is 11.6 Å². The Bertz CT molecular complexity index is 1140. The van der Waals surface area contributed by atoms with Crippen molar-refractivity contribution in [2.24, 2.45) is 0 Å². The molecule has 2 aliphatic rings. The molecule has 1 saturated heterocycles. The van der Waals surface area contributed by atoms with Crippen molar-refractivity contribution < 1.29 is 27.8 Å². The number of hydrogen-bond donors (Lipinski definition) is 6. The SMILES string of the molecule is CCNc1cc(C(=O)N[C@@H](Cc2cc(F)cc(F)c2)[C@H](O)CNC2CCCCC2)cc(N2CCCCS2(O)O)c1.Cl. The maximum atomic E-state index is 13.9. The van der Waals surface area contributed by atoms with Crippen molar-refractivity contribution in [1.29, 1.82) is 0 Å². The van der Waals surface area contributed by atoms with Crippen LogP contribution in [0.3, 0.4) is 0 Å². The number of nitrogens with one attached hydrogen (secondary N) is 3. The number of carbonyl (C=O) groups is 1. The Balaban J connectivity index is 0.00000462. The van der Waals surface area contributed by atoms with Crippen LogP contribution in [-0.2, 0) is 6.42 Å². The van der Waals surface area contributed by atoms with Crippen LogP contribution in [0.25, 0.3) is 0 Å². The first-order valence-electron chi connectivity index (χ1n) is 14.2. The van der Waals surface area contributed by atoms with Crippen LogP contribution >= 0.6 is 23.2 Å². The fourth-order valence-electron chi connectivity index (χ4n) is 5.55. The van der Waals surface area contributed by atoms with Gasteiger partial charge in [-0.25, -0.2) is 8.78 Å². The predicted molar refractivity (Wildman–Crippen MR) is 164 cm³/mol. The largest absolute Gasteiger partial charge is 0.390 e. The zero-order chi connectivity index (χ0) is 28.7. The lowest BCUT2D eigenvalue weighted by atomic mass is 9.94. The quantitative estimate of drug-likeness (QED) is 0.192. The van der Waals surface area contributed by atoms with E-state index >= 15 is 0 Å². The number of halogens is 3. The Kier molecular flexibility index (Phi) is 12.5. The summed E-state index contributed by atoms with van der Waals surface area (Å²) in [6, 6.07) is 7.72. The highest BCUT2D eigenvalue weighted by atomic mass is 35.5. The van der Waals surface area contributed by atoms with E-state index in [4.69, 9.17) is 0 Å². The van der Waals surface area contributed by atoms with Gasteiger partial charge in [-0.2, -0.15) is 0 Å². The summed E-state index contributed by atoms with van der Waals surface area (Å²) in [5, 5.41) is 20.6. The molecule has 2 aromatic carbocycles. The fraction of sp³-hybridized carbons (Fsp3) is 0.552. The van der Waals surface area contributed by atoms with Crippen LogP contribution in [0.4, 0.5) is 20.2 Å². The minimum absolute atomic E-state index is 0. The summed E-state index contributed by atoms with van der Waals surface area (Å²) in [5.41, 5.74) is 1.77. The summed E-state index contributed by atoms with van der Waals surface area (Å²) < 4.78 is 50.8. The van der Waals surface area contributed by atoms with E-state index < -0.39 is 40.5 Å². The van der Waals surface area contributed by atoms with Crippen molar-refractivity contribution in [3.63, 3.8) is 0 Å². The van der Waals surface area contributed by atoms with Gasteiger partial charge in [0.25, 0.3) is 5.91 Å². The lowest BCUT2D eigenvalue weighted by molar-refractivity contribution is 0.0821. The number of nitrogens with zero attached hydrogens (tertiary/aromatic N) is 1. The molecule has 230 valence electrons. The third-order valence-corrected chi connectivity index (χ3v) is 9.55. The van der Waals surface area contributed by atoms with E-state index in [1.54, 1.807) is 22.5 Å². The summed E-state index contributed by atoms with van der Waals surface area (Å²) >= 11 is 0. The number of anilines is 2. The molecule has 0 unspecified atom stereocenters. The molecule has 4 rings (SSSR count). The molecule has 1 aliphatic carbocycles. The molecule has 2 atom stereocenters. The number of aliphatic hydroxyl groups excluding tert-OH is 1. The number of aliphatic hydroxyl groups is 1. The summed E-state index contributed by atoms with van der Waals surface area (Å²) in [4.78, 5) is 13.6. The van der Waals surface area contributed by atoms with Gasteiger partial charge in [-0.3, -0.25) is 18.2 Å². The van der Waals surface area contributed by atoms with E-state index in [-0.39, 0.29) is 42.7 Å². The van der Waals surface area contributed by atoms with Gasteiger partial charge in [0.05, 0.1) is 23.6 Å². The topological polar surface area (TPSA) is 117 Å².